The Labute approximate surface area is 114 Å². The number of hydrogen-bond acceptors (Lipinski definition) is 3. The third-order valence-corrected chi connectivity index (χ3v) is 3.11. The van der Waals surface area contributed by atoms with Crippen LogP contribution in [0.5, 0.6) is 5.75 Å². The van der Waals surface area contributed by atoms with E-state index in [0.29, 0.717) is 24.9 Å². The number of ether oxygens (including phenoxy) is 2. The predicted molar refractivity (Wildman–Crippen MR) is 72.8 cm³/mol. The molecule has 3 nitrogen and oxygen atoms in total. The first-order valence-corrected chi connectivity index (χ1v) is 6.91. The number of benzene rings is 1. The van der Waals surface area contributed by atoms with Crippen LogP contribution >= 0.6 is 0 Å². The summed E-state index contributed by atoms with van der Waals surface area (Å²) in [5.74, 6) is 0.321. The maximum atomic E-state index is 13.5. The maximum absolute atomic E-state index is 13.5. The average molecular weight is 267 g/mol. The van der Waals surface area contributed by atoms with Crippen molar-refractivity contribution in [2.75, 3.05) is 13.2 Å². The standard InChI is InChI=1S/C15H22FNO2/c1-11(2)17-9-12-6-13(16)8-15(7-12)19-10-14-4-3-5-18-14/h6-8,11,14,17H,3-5,9-10H2,1-2H3. The fourth-order valence-corrected chi connectivity index (χ4v) is 2.09. The van der Waals surface area contributed by atoms with Crippen LogP contribution in [0.25, 0.3) is 0 Å². The van der Waals surface area contributed by atoms with Crippen molar-refractivity contribution in [2.24, 2.45) is 0 Å². The molecule has 1 saturated heterocycles. The quantitative estimate of drug-likeness (QED) is 0.859. The number of nitrogens with one attached hydrogen (secondary N) is 1. The molecule has 1 aromatic rings. The summed E-state index contributed by atoms with van der Waals surface area (Å²) in [5.41, 5.74) is 0.899. The van der Waals surface area contributed by atoms with E-state index in [1.807, 2.05) is 6.07 Å². The Hall–Kier alpha value is -1.13. The predicted octanol–water partition coefficient (Wildman–Crippen LogP) is 2.88. The fourth-order valence-electron chi connectivity index (χ4n) is 2.09. The molecule has 0 spiro atoms. The van der Waals surface area contributed by atoms with Gasteiger partial charge in [0, 0.05) is 25.3 Å². The van der Waals surface area contributed by atoms with E-state index in [4.69, 9.17) is 9.47 Å². The molecule has 1 fully saturated rings. The normalized spacial score (nSPS) is 19.1. The van der Waals surface area contributed by atoms with Crippen LogP contribution in [0.3, 0.4) is 0 Å². The summed E-state index contributed by atoms with van der Waals surface area (Å²) in [4.78, 5) is 0. The largest absolute Gasteiger partial charge is 0.491 e. The van der Waals surface area contributed by atoms with E-state index in [1.165, 1.54) is 12.1 Å². The molecule has 1 atom stereocenters. The number of halogens is 1. The molecule has 1 aliphatic heterocycles. The lowest BCUT2D eigenvalue weighted by Crippen LogP contribution is -2.22. The molecule has 0 saturated carbocycles. The van der Waals surface area contributed by atoms with E-state index < -0.39 is 0 Å². The van der Waals surface area contributed by atoms with Gasteiger partial charge < -0.3 is 14.8 Å². The van der Waals surface area contributed by atoms with Crippen LogP contribution in [0, 0.1) is 5.82 Å². The van der Waals surface area contributed by atoms with Crippen molar-refractivity contribution in [2.45, 2.75) is 45.4 Å². The Morgan fingerprint density at radius 3 is 2.95 bits per heavy atom. The van der Waals surface area contributed by atoms with Gasteiger partial charge in [0.1, 0.15) is 18.2 Å². The second kappa shape index (κ2) is 6.87. The zero-order valence-corrected chi connectivity index (χ0v) is 11.6. The fraction of sp³-hybridized carbons (Fsp3) is 0.600. The summed E-state index contributed by atoms with van der Waals surface area (Å²) in [5, 5.41) is 3.27. The van der Waals surface area contributed by atoms with Crippen molar-refractivity contribution < 1.29 is 13.9 Å². The highest BCUT2D eigenvalue weighted by Gasteiger charge is 2.16. The Kier molecular flexibility index (Phi) is 5.16. The van der Waals surface area contributed by atoms with E-state index in [9.17, 15) is 4.39 Å². The van der Waals surface area contributed by atoms with Gasteiger partial charge in [0.2, 0.25) is 0 Å². The third-order valence-electron chi connectivity index (χ3n) is 3.11. The smallest absolute Gasteiger partial charge is 0.127 e. The molecule has 1 N–H and O–H groups in total. The van der Waals surface area contributed by atoms with Crippen LogP contribution in [0.2, 0.25) is 0 Å². The average Bonchev–Trinajstić information content (AvgIpc) is 2.86. The van der Waals surface area contributed by atoms with Gasteiger partial charge in [-0.1, -0.05) is 13.8 Å². The van der Waals surface area contributed by atoms with Crippen LogP contribution in [0.15, 0.2) is 18.2 Å². The SMILES string of the molecule is CC(C)NCc1cc(F)cc(OCC2CCCO2)c1. The van der Waals surface area contributed by atoms with Crippen molar-refractivity contribution in [1.29, 1.82) is 0 Å². The Morgan fingerprint density at radius 2 is 2.26 bits per heavy atom. The molecule has 1 unspecified atom stereocenters. The number of rotatable bonds is 6. The van der Waals surface area contributed by atoms with E-state index in [1.54, 1.807) is 0 Å². The first-order chi connectivity index (χ1) is 9.13. The summed E-state index contributed by atoms with van der Waals surface area (Å²) in [6, 6.07) is 5.22. The molecular formula is C15H22FNO2. The van der Waals surface area contributed by atoms with Crippen LogP contribution in [0.1, 0.15) is 32.3 Å². The van der Waals surface area contributed by atoms with Crippen LogP contribution in [0.4, 0.5) is 4.39 Å². The van der Waals surface area contributed by atoms with Gasteiger partial charge in [0.15, 0.2) is 0 Å². The molecule has 19 heavy (non-hydrogen) atoms. The van der Waals surface area contributed by atoms with Gasteiger partial charge in [-0.15, -0.1) is 0 Å². The van der Waals surface area contributed by atoms with E-state index >= 15 is 0 Å². The second-order valence-electron chi connectivity index (χ2n) is 5.28. The molecular weight excluding hydrogens is 245 g/mol. The second-order valence-corrected chi connectivity index (χ2v) is 5.28. The highest BCUT2D eigenvalue weighted by atomic mass is 19.1. The van der Waals surface area contributed by atoms with Crippen molar-refractivity contribution in [3.8, 4) is 5.75 Å². The molecule has 0 radical (unpaired) electrons. The highest BCUT2D eigenvalue weighted by Crippen LogP contribution is 2.19. The summed E-state index contributed by atoms with van der Waals surface area (Å²) in [7, 11) is 0. The molecule has 0 aliphatic carbocycles. The lowest BCUT2D eigenvalue weighted by Gasteiger charge is -2.13. The third kappa shape index (κ3) is 4.80. The van der Waals surface area contributed by atoms with E-state index in [-0.39, 0.29) is 11.9 Å². The summed E-state index contributed by atoms with van der Waals surface area (Å²) in [6.07, 6.45) is 2.26. The minimum Gasteiger partial charge on any atom is -0.491 e. The molecule has 2 rings (SSSR count). The Morgan fingerprint density at radius 1 is 1.42 bits per heavy atom. The van der Waals surface area contributed by atoms with Gasteiger partial charge in [0.05, 0.1) is 6.10 Å². The minimum absolute atomic E-state index is 0.153. The Bertz CT molecular complexity index is 403. The van der Waals surface area contributed by atoms with E-state index in [2.05, 4.69) is 19.2 Å². The molecule has 4 heteroatoms. The number of hydrogen-bond donors (Lipinski definition) is 1. The zero-order valence-electron chi connectivity index (χ0n) is 11.6. The summed E-state index contributed by atoms with van der Waals surface area (Å²) >= 11 is 0. The van der Waals surface area contributed by atoms with Crippen molar-refractivity contribution >= 4 is 0 Å². The molecule has 0 aromatic heterocycles. The van der Waals surface area contributed by atoms with Crippen molar-refractivity contribution in [1.82, 2.24) is 5.32 Å². The highest BCUT2D eigenvalue weighted by molar-refractivity contribution is 5.29. The van der Waals surface area contributed by atoms with Crippen LogP contribution in [-0.2, 0) is 11.3 Å². The van der Waals surface area contributed by atoms with E-state index in [0.717, 1.165) is 25.0 Å². The van der Waals surface area contributed by atoms with Crippen molar-refractivity contribution in [3.63, 3.8) is 0 Å². The van der Waals surface area contributed by atoms with Gasteiger partial charge in [-0.05, 0) is 30.5 Å². The monoisotopic (exact) mass is 267 g/mol. The van der Waals surface area contributed by atoms with Gasteiger partial charge in [-0.25, -0.2) is 4.39 Å². The maximum Gasteiger partial charge on any atom is 0.127 e. The lowest BCUT2D eigenvalue weighted by molar-refractivity contribution is 0.0678. The van der Waals surface area contributed by atoms with Crippen LogP contribution < -0.4 is 10.1 Å². The molecule has 106 valence electrons. The molecule has 0 amide bonds. The van der Waals surface area contributed by atoms with Gasteiger partial charge in [-0.3, -0.25) is 0 Å². The van der Waals surface area contributed by atoms with Crippen LogP contribution in [-0.4, -0.2) is 25.4 Å². The van der Waals surface area contributed by atoms with Gasteiger partial charge in [-0.2, -0.15) is 0 Å². The Balaban J connectivity index is 1.91. The summed E-state index contributed by atoms with van der Waals surface area (Å²) < 4.78 is 24.6. The summed E-state index contributed by atoms with van der Waals surface area (Å²) in [6.45, 7) is 6.08. The first-order valence-electron chi connectivity index (χ1n) is 6.91. The van der Waals surface area contributed by atoms with Crippen molar-refractivity contribution in [3.05, 3.63) is 29.6 Å². The molecule has 1 aliphatic rings. The molecule has 1 aromatic carbocycles. The lowest BCUT2D eigenvalue weighted by atomic mass is 10.2. The zero-order chi connectivity index (χ0) is 13.7. The van der Waals surface area contributed by atoms with Gasteiger partial charge >= 0.3 is 0 Å². The topological polar surface area (TPSA) is 30.5 Å². The first kappa shape index (κ1) is 14.3. The molecule has 1 heterocycles. The molecule has 0 bridgehead atoms. The minimum atomic E-state index is -0.259. The van der Waals surface area contributed by atoms with Gasteiger partial charge in [0.25, 0.3) is 0 Å².